The summed E-state index contributed by atoms with van der Waals surface area (Å²) in [6.45, 7) is 3.53. The number of carbonyl (C=O) groups excluding carboxylic acids is 1. The lowest BCUT2D eigenvalue weighted by Crippen LogP contribution is -2.21. The number of benzene rings is 3. The van der Waals surface area contributed by atoms with E-state index in [4.69, 9.17) is 0 Å². The van der Waals surface area contributed by atoms with E-state index in [2.05, 4.69) is 19.8 Å². The van der Waals surface area contributed by atoms with Crippen LogP contribution < -0.4 is 14.8 Å². The molecule has 0 fully saturated rings. The zero-order chi connectivity index (χ0) is 27.9. The number of halogens is 3. The number of phenols is 1. The smallest absolute Gasteiger partial charge is 0.508 e. The van der Waals surface area contributed by atoms with Gasteiger partial charge in [-0.05, 0) is 53.6 Å². The zero-order valence-electron chi connectivity index (χ0n) is 20.5. The summed E-state index contributed by atoms with van der Waals surface area (Å²) in [4.78, 5) is 15.9. The van der Waals surface area contributed by atoms with Gasteiger partial charge in [-0.1, -0.05) is 32.0 Å². The van der Waals surface area contributed by atoms with Gasteiger partial charge in [0.05, 0.1) is 11.9 Å². The lowest BCUT2D eigenvalue weighted by Gasteiger charge is -2.27. The van der Waals surface area contributed by atoms with Crippen LogP contribution in [-0.4, -0.2) is 37.0 Å². The largest absolute Gasteiger partial charge is 0.573 e. The molecule has 200 valence electrons. The van der Waals surface area contributed by atoms with Gasteiger partial charge in [0, 0.05) is 28.1 Å². The summed E-state index contributed by atoms with van der Waals surface area (Å²) < 4.78 is 67.5. The quantitative estimate of drug-likeness (QED) is 0.236. The predicted molar refractivity (Wildman–Crippen MR) is 138 cm³/mol. The molecule has 8 nitrogen and oxygen atoms in total. The van der Waals surface area contributed by atoms with Gasteiger partial charge in [-0.25, -0.2) is 8.42 Å². The molecular weight excluding hydrogens is 523 g/mol. The average molecular weight is 548 g/mol. The molecule has 0 aliphatic rings. The summed E-state index contributed by atoms with van der Waals surface area (Å²) in [5.74, 6) is -1.38. The van der Waals surface area contributed by atoms with Crippen LogP contribution in [0.2, 0.25) is 0 Å². The monoisotopic (exact) mass is 547 g/mol. The van der Waals surface area contributed by atoms with Gasteiger partial charge in [0.1, 0.15) is 17.2 Å². The SMILES string of the molecule is CC(C)(c1cccc(NC(=O)c2cc3ccc(NS(C)(=O)=O)cc3[nH]2)c1)c1cc(O)cc(OC(F)(F)F)c1. The Morgan fingerprint density at radius 3 is 2.37 bits per heavy atom. The van der Waals surface area contributed by atoms with E-state index in [1.54, 1.807) is 62.4 Å². The summed E-state index contributed by atoms with van der Waals surface area (Å²) in [5.41, 5.74) is 1.74. The Labute approximate surface area is 216 Å². The number of sulfonamides is 1. The van der Waals surface area contributed by atoms with Crippen LogP contribution in [-0.2, 0) is 15.4 Å². The van der Waals surface area contributed by atoms with E-state index in [1.807, 2.05) is 0 Å². The molecule has 1 heterocycles. The van der Waals surface area contributed by atoms with E-state index in [0.717, 1.165) is 12.3 Å². The first-order valence-electron chi connectivity index (χ1n) is 11.2. The van der Waals surface area contributed by atoms with Crippen LogP contribution in [0, 0.1) is 0 Å². The number of aromatic amines is 1. The molecule has 0 spiro atoms. The van der Waals surface area contributed by atoms with E-state index in [-0.39, 0.29) is 11.4 Å². The second kappa shape index (κ2) is 9.60. The minimum absolute atomic E-state index is 0.239. The fourth-order valence-corrected chi connectivity index (χ4v) is 4.57. The predicted octanol–water partition coefficient (Wildman–Crippen LogP) is 5.72. The van der Waals surface area contributed by atoms with Gasteiger partial charge in [-0.3, -0.25) is 9.52 Å². The maximum Gasteiger partial charge on any atom is 0.573 e. The third kappa shape index (κ3) is 6.38. The van der Waals surface area contributed by atoms with Gasteiger partial charge in [-0.15, -0.1) is 13.2 Å². The number of nitrogens with one attached hydrogen (secondary N) is 3. The number of amides is 1. The highest BCUT2D eigenvalue weighted by Gasteiger charge is 2.32. The summed E-state index contributed by atoms with van der Waals surface area (Å²) >= 11 is 0. The Morgan fingerprint density at radius 2 is 1.68 bits per heavy atom. The molecule has 3 aromatic carbocycles. The van der Waals surface area contributed by atoms with Crippen LogP contribution in [0.1, 0.15) is 35.5 Å². The van der Waals surface area contributed by atoms with Crippen molar-refractivity contribution in [3.05, 3.63) is 83.6 Å². The summed E-state index contributed by atoms with van der Waals surface area (Å²) in [5, 5.41) is 13.5. The minimum Gasteiger partial charge on any atom is -0.508 e. The highest BCUT2D eigenvalue weighted by atomic mass is 32.2. The molecule has 12 heteroatoms. The van der Waals surface area contributed by atoms with E-state index in [9.17, 15) is 31.5 Å². The zero-order valence-corrected chi connectivity index (χ0v) is 21.3. The van der Waals surface area contributed by atoms with Crippen LogP contribution in [0.3, 0.4) is 0 Å². The molecule has 1 aromatic heterocycles. The molecule has 4 rings (SSSR count). The number of fused-ring (bicyclic) bond motifs is 1. The van der Waals surface area contributed by atoms with E-state index in [1.165, 1.54) is 12.1 Å². The molecular formula is C26H24F3N3O5S. The van der Waals surface area contributed by atoms with Crippen molar-refractivity contribution in [1.82, 2.24) is 4.98 Å². The number of carbonyl (C=O) groups is 1. The van der Waals surface area contributed by atoms with Crippen molar-refractivity contribution in [1.29, 1.82) is 0 Å². The van der Waals surface area contributed by atoms with Crippen molar-refractivity contribution >= 4 is 38.2 Å². The third-order valence-corrected chi connectivity index (χ3v) is 6.47. The van der Waals surface area contributed by atoms with Gasteiger partial charge in [0.25, 0.3) is 5.91 Å². The normalized spacial score (nSPS) is 12.4. The molecule has 4 N–H and O–H groups in total. The molecule has 0 saturated carbocycles. The molecule has 0 aliphatic heterocycles. The fraction of sp³-hybridized carbons (Fsp3) is 0.192. The van der Waals surface area contributed by atoms with Crippen LogP contribution >= 0.6 is 0 Å². The highest BCUT2D eigenvalue weighted by molar-refractivity contribution is 7.92. The number of alkyl halides is 3. The summed E-state index contributed by atoms with van der Waals surface area (Å²) in [6, 6.07) is 16.7. The first-order chi connectivity index (χ1) is 17.6. The van der Waals surface area contributed by atoms with E-state index >= 15 is 0 Å². The van der Waals surface area contributed by atoms with E-state index < -0.39 is 33.5 Å². The third-order valence-electron chi connectivity index (χ3n) is 5.86. The first-order valence-corrected chi connectivity index (χ1v) is 13.1. The molecule has 0 saturated heterocycles. The topological polar surface area (TPSA) is 121 Å². The number of hydrogen-bond acceptors (Lipinski definition) is 5. The van der Waals surface area contributed by atoms with E-state index in [0.29, 0.717) is 33.4 Å². The molecule has 4 aromatic rings. The fourth-order valence-electron chi connectivity index (χ4n) is 4.01. The Morgan fingerprint density at radius 1 is 0.947 bits per heavy atom. The van der Waals surface area contributed by atoms with Gasteiger partial charge in [0.15, 0.2) is 0 Å². The molecule has 0 aliphatic carbocycles. The van der Waals surface area contributed by atoms with Crippen LogP contribution in [0.5, 0.6) is 11.5 Å². The molecule has 0 radical (unpaired) electrons. The molecule has 0 unspecified atom stereocenters. The van der Waals surface area contributed by atoms with Crippen molar-refractivity contribution in [2.75, 3.05) is 16.3 Å². The first kappa shape index (κ1) is 26.9. The van der Waals surface area contributed by atoms with Crippen LogP contribution in [0.25, 0.3) is 10.9 Å². The second-order valence-electron chi connectivity index (χ2n) is 9.28. The van der Waals surface area contributed by atoms with Crippen molar-refractivity contribution in [2.24, 2.45) is 0 Å². The van der Waals surface area contributed by atoms with Crippen LogP contribution in [0.4, 0.5) is 24.5 Å². The van der Waals surface area contributed by atoms with Gasteiger partial charge in [-0.2, -0.15) is 0 Å². The number of H-pyrrole nitrogens is 1. The number of aromatic hydroxyl groups is 1. The second-order valence-corrected chi connectivity index (χ2v) is 11.0. The van der Waals surface area contributed by atoms with Crippen molar-refractivity contribution in [2.45, 2.75) is 25.6 Å². The standard InChI is InChI=1S/C26H24F3N3O5S/c1-25(2,17-11-20(33)14-21(12-17)37-26(27,28)29)16-5-4-6-18(10-16)30-24(34)23-9-15-7-8-19(13-22(15)31-23)32-38(3,35)36/h4-14,31-33H,1-3H3,(H,30,34). The molecule has 0 atom stereocenters. The van der Waals surface area contributed by atoms with Gasteiger partial charge < -0.3 is 20.1 Å². The number of phenolic OH excluding ortho intramolecular Hbond substituents is 1. The highest BCUT2D eigenvalue weighted by Crippen LogP contribution is 2.38. The van der Waals surface area contributed by atoms with Gasteiger partial charge >= 0.3 is 6.36 Å². The van der Waals surface area contributed by atoms with Crippen LogP contribution in [0.15, 0.2) is 66.7 Å². The average Bonchev–Trinajstić information content (AvgIpc) is 3.20. The number of ether oxygens (including phenoxy) is 1. The number of hydrogen-bond donors (Lipinski definition) is 4. The lowest BCUT2D eigenvalue weighted by molar-refractivity contribution is -0.274. The Bertz CT molecular complexity index is 1630. The van der Waals surface area contributed by atoms with Gasteiger partial charge in [0.2, 0.25) is 10.0 Å². The molecule has 38 heavy (non-hydrogen) atoms. The Hall–Kier alpha value is -4.19. The maximum atomic E-state index is 12.9. The lowest BCUT2D eigenvalue weighted by atomic mass is 9.78. The maximum absolute atomic E-state index is 12.9. The molecule has 1 amide bonds. The summed E-state index contributed by atoms with van der Waals surface area (Å²) in [6.07, 6.45) is -3.87. The Kier molecular flexibility index (Phi) is 6.79. The number of aromatic nitrogens is 1. The number of anilines is 2. The minimum atomic E-state index is -4.91. The summed E-state index contributed by atoms with van der Waals surface area (Å²) in [7, 11) is -3.46. The van der Waals surface area contributed by atoms with Crippen molar-refractivity contribution < 1.29 is 36.2 Å². The number of rotatable bonds is 7. The van der Waals surface area contributed by atoms with Crippen molar-refractivity contribution in [3.8, 4) is 11.5 Å². The molecule has 0 bridgehead atoms. The Balaban J connectivity index is 1.57. The van der Waals surface area contributed by atoms with Crippen molar-refractivity contribution in [3.63, 3.8) is 0 Å².